The molecule has 7 heteroatoms. The number of amides is 1. The molecule has 0 saturated carbocycles. The van der Waals surface area contributed by atoms with Crippen LogP contribution in [0.25, 0.3) is 5.95 Å². The lowest BCUT2D eigenvalue weighted by molar-refractivity contribution is -0.117. The number of hydrogen-bond donors (Lipinski definition) is 0. The van der Waals surface area contributed by atoms with Crippen molar-refractivity contribution in [3.8, 4) is 5.95 Å². The van der Waals surface area contributed by atoms with Crippen molar-refractivity contribution in [1.29, 1.82) is 0 Å². The van der Waals surface area contributed by atoms with Gasteiger partial charge in [0, 0.05) is 35.4 Å². The molecule has 0 atom stereocenters. The van der Waals surface area contributed by atoms with Crippen molar-refractivity contribution < 1.29 is 4.79 Å². The van der Waals surface area contributed by atoms with E-state index < -0.39 is 0 Å². The number of fused-ring (bicyclic) bond motifs is 1. The van der Waals surface area contributed by atoms with Gasteiger partial charge in [-0.2, -0.15) is 5.10 Å². The highest BCUT2D eigenvalue weighted by atomic mass is 16.2. The number of aromatic nitrogens is 5. The summed E-state index contributed by atoms with van der Waals surface area (Å²) in [6, 6.07) is 3.91. The fourth-order valence-corrected chi connectivity index (χ4v) is 3.66. The topological polar surface area (TPSA) is 76.8 Å². The van der Waals surface area contributed by atoms with Crippen LogP contribution in [0, 0.1) is 27.7 Å². The van der Waals surface area contributed by atoms with Crippen molar-refractivity contribution in [2.45, 2.75) is 40.5 Å². The molecule has 0 N–H and O–H groups in total. The molecule has 4 heterocycles. The third-order valence-electron chi connectivity index (χ3n) is 5.01. The Bertz CT molecular complexity index is 1020. The summed E-state index contributed by atoms with van der Waals surface area (Å²) in [7, 11) is 0. The zero-order chi connectivity index (χ0) is 19.1. The number of hydrogen-bond acceptors (Lipinski definition) is 5. The quantitative estimate of drug-likeness (QED) is 0.715. The highest BCUT2D eigenvalue weighted by Gasteiger charge is 2.26. The molecule has 0 unspecified atom stereocenters. The van der Waals surface area contributed by atoms with Gasteiger partial charge < -0.3 is 4.90 Å². The first kappa shape index (κ1) is 17.3. The van der Waals surface area contributed by atoms with Gasteiger partial charge in [0.15, 0.2) is 0 Å². The van der Waals surface area contributed by atoms with Crippen molar-refractivity contribution in [1.82, 2.24) is 24.7 Å². The Kier molecular flexibility index (Phi) is 4.22. The Hall–Kier alpha value is -3.09. The lowest BCUT2D eigenvalue weighted by atomic mass is 10.1. The Morgan fingerprint density at radius 1 is 1.15 bits per heavy atom. The van der Waals surface area contributed by atoms with Gasteiger partial charge in [-0.05, 0) is 51.8 Å². The molecular weight excluding hydrogens is 340 g/mol. The molecule has 1 aliphatic heterocycles. The predicted octanol–water partition coefficient (Wildman–Crippen LogP) is 2.42. The van der Waals surface area contributed by atoms with Gasteiger partial charge in [0.1, 0.15) is 0 Å². The first-order chi connectivity index (χ1) is 12.9. The van der Waals surface area contributed by atoms with E-state index >= 15 is 0 Å². The number of pyridine rings is 1. The number of aryl methyl sites for hydroxylation is 3. The van der Waals surface area contributed by atoms with Gasteiger partial charge in [-0.3, -0.25) is 9.78 Å². The Morgan fingerprint density at radius 3 is 2.63 bits per heavy atom. The molecule has 3 aromatic rings. The van der Waals surface area contributed by atoms with Gasteiger partial charge >= 0.3 is 0 Å². The Balaban J connectivity index is 1.64. The summed E-state index contributed by atoms with van der Waals surface area (Å²) in [5.74, 6) is 0.608. The highest BCUT2D eigenvalue weighted by Crippen LogP contribution is 2.28. The van der Waals surface area contributed by atoms with Crippen LogP contribution in [0.1, 0.15) is 33.9 Å². The SMILES string of the molecule is Cc1cc(C)nc(-n2nc(C)c(CC(=O)N3CCc4ccncc43)c2C)n1. The molecule has 1 amide bonds. The van der Waals surface area contributed by atoms with Crippen LogP contribution in [-0.2, 0) is 17.6 Å². The van der Waals surface area contributed by atoms with Crippen LogP contribution in [-0.4, -0.2) is 37.2 Å². The maximum atomic E-state index is 13.0. The van der Waals surface area contributed by atoms with Crippen LogP contribution in [0.5, 0.6) is 0 Å². The zero-order valence-corrected chi connectivity index (χ0v) is 16.0. The van der Waals surface area contributed by atoms with Crippen LogP contribution in [0.15, 0.2) is 24.5 Å². The summed E-state index contributed by atoms with van der Waals surface area (Å²) in [5, 5.41) is 4.60. The second-order valence-electron chi connectivity index (χ2n) is 6.99. The van der Waals surface area contributed by atoms with E-state index in [9.17, 15) is 4.79 Å². The average Bonchev–Trinajstić information content (AvgIpc) is 3.17. The number of carbonyl (C=O) groups is 1. The standard InChI is InChI=1S/C20H22N6O/c1-12-9-13(2)23-20(22-12)26-15(4)17(14(3)24-26)10-19(27)25-8-6-16-5-7-21-11-18(16)25/h5,7,9,11H,6,8,10H2,1-4H3. The summed E-state index contributed by atoms with van der Waals surface area (Å²) in [5.41, 5.74) is 6.53. The van der Waals surface area contributed by atoms with Gasteiger partial charge in [-0.15, -0.1) is 0 Å². The molecule has 1 aliphatic rings. The summed E-state index contributed by atoms with van der Waals surface area (Å²) in [6.45, 7) is 8.46. The highest BCUT2D eigenvalue weighted by molar-refractivity contribution is 5.96. The molecule has 0 saturated heterocycles. The minimum atomic E-state index is 0.0637. The Labute approximate surface area is 158 Å². The van der Waals surface area contributed by atoms with Crippen molar-refractivity contribution in [2.24, 2.45) is 0 Å². The number of carbonyl (C=O) groups excluding carboxylic acids is 1. The van der Waals surface area contributed by atoms with E-state index in [2.05, 4.69) is 20.1 Å². The molecule has 0 bridgehead atoms. The second-order valence-corrected chi connectivity index (χ2v) is 6.99. The van der Waals surface area contributed by atoms with Gasteiger partial charge in [0.2, 0.25) is 5.91 Å². The molecule has 0 aromatic carbocycles. The number of rotatable bonds is 3. The molecule has 0 radical (unpaired) electrons. The summed E-state index contributed by atoms with van der Waals surface area (Å²) >= 11 is 0. The van der Waals surface area contributed by atoms with Crippen molar-refractivity contribution in [3.63, 3.8) is 0 Å². The van der Waals surface area contributed by atoms with Gasteiger partial charge in [0.05, 0.1) is 24.0 Å². The van der Waals surface area contributed by atoms with E-state index in [4.69, 9.17) is 0 Å². The van der Waals surface area contributed by atoms with Gasteiger partial charge in [-0.1, -0.05) is 0 Å². The third-order valence-corrected chi connectivity index (χ3v) is 5.01. The minimum absolute atomic E-state index is 0.0637. The van der Waals surface area contributed by atoms with E-state index in [0.29, 0.717) is 18.9 Å². The van der Waals surface area contributed by atoms with Crippen molar-refractivity contribution in [3.05, 3.63) is 58.4 Å². The summed E-state index contributed by atoms with van der Waals surface area (Å²) in [6.07, 6.45) is 4.72. The van der Waals surface area contributed by atoms with E-state index in [1.54, 1.807) is 17.1 Å². The normalized spacial score (nSPS) is 13.1. The lowest BCUT2D eigenvalue weighted by Gasteiger charge is -2.17. The molecule has 0 aliphatic carbocycles. The lowest BCUT2D eigenvalue weighted by Crippen LogP contribution is -2.30. The maximum absolute atomic E-state index is 13.0. The molecule has 3 aromatic heterocycles. The fourth-order valence-electron chi connectivity index (χ4n) is 3.66. The zero-order valence-electron chi connectivity index (χ0n) is 16.0. The van der Waals surface area contributed by atoms with Gasteiger partial charge in [-0.25, -0.2) is 14.6 Å². The average molecular weight is 362 g/mol. The van der Waals surface area contributed by atoms with Crippen molar-refractivity contribution >= 4 is 11.6 Å². The van der Waals surface area contributed by atoms with E-state index in [1.807, 2.05) is 44.7 Å². The van der Waals surface area contributed by atoms with Crippen LogP contribution in [0.3, 0.4) is 0 Å². The molecule has 0 spiro atoms. The molecule has 4 rings (SSSR count). The fraction of sp³-hybridized carbons (Fsp3) is 0.350. The van der Waals surface area contributed by atoms with E-state index in [1.165, 1.54) is 5.56 Å². The number of anilines is 1. The van der Waals surface area contributed by atoms with Crippen LogP contribution in [0.2, 0.25) is 0 Å². The third kappa shape index (κ3) is 3.09. The molecule has 138 valence electrons. The first-order valence-corrected chi connectivity index (χ1v) is 9.05. The van der Waals surface area contributed by atoms with Gasteiger partial charge in [0.25, 0.3) is 5.95 Å². The summed E-state index contributed by atoms with van der Waals surface area (Å²) < 4.78 is 1.73. The van der Waals surface area contributed by atoms with Crippen LogP contribution in [0.4, 0.5) is 5.69 Å². The van der Waals surface area contributed by atoms with Crippen molar-refractivity contribution in [2.75, 3.05) is 11.4 Å². The number of nitrogens with zero attached hydrogens (tertiary/aromatic N) is 6. The van der Waals surface area contributed by atoms with Crippen LogP contribution < -0.4 is 4.90 Å². The molecular formula is C20H22N6O. The monoisotopic (exact) mass is 362 g/mol. The Morgan fingerprint density at radius 2 is 1.89 bits per heavy atom. The minimum Gasteiger partial charge on any atom is -0.310 e. The smallest absolute Gasteiger partial charge is 0.251 e. The maximum Gasteiger partial charge on any atom is 0.251 e. The molecule has 27 heavy (non-hydrogen) atoms. The first-order valence-electron chi connectivity index (χ1n) is 9.05. The second kappa shape index (κ2) is 6.57. The molecule has 0 fully saturated rings. The van der Waals surface area contributed by atoms with Crippen LogP contribution >= 0.6 is 0 Å². The molecule has 7 nitrogen and oxygen atoms in total. The summed E-state index contributed by atoms with van der Waals surface area (Å²) in [4.78, 5) is 27.9. The van der Waals surface area contributed by atoms with E-state index in [0.717, 1.165) is 40.4 Å². The van der Waals surface area contributed by atoms with E-state index in [-0.39, 0.29) is 5.91 Å². The predicted molar refractivity (Wildman–Crippen MR) is 102 cm³/mol. The largest absolute Gasteiger partial charge is 0.310 e.